The maximum absolute atomic E-state index is 12.0. The van der Waals surface area contributed by atoms with E-state index < -0.39 is 0 Å². The van der Waals surface area contributed by atoms with Crippen LogP contribution in [0, 0.1) is 5.92 Å². The molecule has 1 fully saturated rings. The number of nitrogens with one attached hydrogen (secondary N) is 1. The van der Waals surface area contributed by atoms with Gasteiger partial charge >= 0.3 is 0 Å². The summed E-state index contributed by atoms with van der Waals surface area (Å²) in [7, 11) is 0. The van der Waals surface area contributed by atoms with E-state index in [1.165, 1.54) is 6.92 Å². The Hall–Kier alpha value is -1.10. The summed E-state index contributed by atoms with van der Waals surface area (Å²) in [6.45, 7) is 6.66. The number of likely N-dealkylation sites (tertiary alicyclic amines) is 1. The molecule has 1 aliphatic rings. The van der Waals surface area contributed by atoms with Crippen LogP contribution in [0.15, 0.2) is 0 Å². The normalized spacial score (nSPS) is 20.8. The zero-order valence-corrected chi connectivity index (χ0v) is 10.9. The number of hydrogen-bond donors (Lipinski definition) is 2. The van der Waals surface area contributed by atoms with Gasteiger partial charge in [0.1, 0.15) is 0 Å². The Bertz CT molecular complexity index is 283. The molecule has 2 atom stereocenters. The van der Waals surface area contributed by atoms with Gasteiger partial charge in [-0.2, -0.15) is 0 Å². The minimum absolute atomic E-state index is 0.00118. The standard InChI is InChI=1S/C12H23N3O2/c1-8(9(2)13)12(17)15-6-4-11(5-7-15)14-10(3)16/h8-9,11H,4-7,13H2,1-3H3,(H,14,16). The highest BCUT2D eigenvalue weighted by Gasteiger charge is 2.27. The number of nitrogens with zero attached hydrogens (tertiary/aromatic N) is 1. The zero-order chi connectivity index (χ0) is 13.0. The van der Waals surface area contributed by atoms with E-state index in [1.54, 1.807) is 0 Å². The third kappa shape index (κ3) is 4.00. The molecule has 1 aliphatic heterocycles. The lowest BCUT2D eigenvalue weighted by Crippen LogP contribution is -2.49. The second-order valence-corrected chi connectivity index (χ2v) is 4.95. The van der Waals surface area contributed by atoms with Crippen LogP contribution in [0.2, 0.25) is 0 Å². The molecule has 2 amide bonds. The van der Waals surface area contributed by atoms with Crippen molar-refractivity contribution in [3.8, 4) is 0 Å². The van der Waals surface area contributed by atoms with Gasteiger partial charge in [0.15, 0.2) is 0 Å². The smallest absolute Gasteiger partial charge is 0.226 e. The predicted octanol–water partition coefficient (Wildman–Crippen LogP) is 0.0968. The van der Waals surface area contributed by atoms with E-state index in [0.29, 0.717) is 13.1 Å². The molecule has 1 heterocycles. The average Bonchev–Trinajstić information content (AvgIpc) is 2.27. The van der Waals surface area contributed by atoms with Crippen LogP contribution in [0.5, 0.6) is 0 Å². The van der Waals surface area contributed by atoms with E-state index in [-0.39, 0.29) is 29.8 Å². The molecule has 0 aromatic carbocycles. The summed E-state index contributed by atoms with van der Waals surface area (Å²) in [5, 5.41) is 2.89. The molecule has 0 radical (unpaired) electrons. The molecule has 17 heavy (non-hydrogen) atoms. The number of carbonyl (C=O) groups excluding carboxylic acids is 2. The molecule has 0 spiro atoms. The molecule has 3 N–H and O–H groups in total. The summed E-state index contributed by atoms with van der Waals surface area (Å²) in [5.41, 5.74) is 5.73. The lowest BCUT2D eigenvalue weighted by atomic mass is 9.99. The van der Waals surface area contributed by atoms with E-state index >= 15 is 0 Å². The minimum Gasteiger partial charge on any atom is -0.353 e. The van der Waals surface area contributed by atoms with Gasteiger partial charge in [0, 0.05) is 32.1 Å². The molecule has 0 aromatic heterocycles. The third-order valence-corrected chi connectivity index (χ3v) is 3.39. The number of hydrogen-bond acceptors (Lipinski definition) is 3. The molecule has 1 rings (SSSR count). The van der Waals surface area contributed by atoms with Gasteiger partial charge in [0.2, 0.25) is 11.8 Å². The second-order valence-electron chi connectivity index (χ2n) is 4.95. The van der Waals surface area contributed by atoms with Crippen molar-refractivity contribution in [2.45, 2.75) is 45.7 Å². The maximum atomic E-state index is 12.0. The summed E-state index contributed by atoms with van der Waals surface area (Å²) >= 11 is 0. The van der Waals surface area contributed by atoms with E-state index in [9.17, 15) is 9.59 Å². The largest absolute Gasteiger partial charge is 0.353 e. The number of carbonyl (C=O) groups is 2. The van der Waals surface area contributed by atoms with Crippen molar-refractivity contribution in [2.24, 2.45) is 11.7 Å². The van der Waals surface area contributed by atoms with Crippen LogP contribution >= 0.6 is 0 Å². The Balaban J connectivity index is 2.41. The number of piperidine rings is 1. The van der Waals surface area contributed by atoms with Crippen molar-refractivity contribution in [1.29, 1.82) is 0 Å². The molecule has 5 heteroatoms. The number of rotatable bonds is 3. The quantitative estimate of drug-likeness (QED) is 0.735. The van der Waals surface area contributed by atoms with E-state index in [4.69, 9.17) is 5.73 Å². The van der Waals surface area contributed by atoms with Crippen molar-refractivity contribution >= 4 is 11.8 Å². The molecule has 5 nitrogen and oxygen atoms in total. The van der Waals surface area contributed by atoms with Crippen LogP contribution in [0.25, 0.3) is 0 Å². The van der Waals surface area contributed by atoms with E-state index in [1.807, 2.05) is 18.7 Å². The van der Waals surface area contributed by atoms with Gasteiger partial charge in [-0.15, -0.1) is 0 Å². The SMILES string of the molecule is CC(=O)NC1CCN(C(=O)C(C)C(C)N)CC1. The van der Waals surface area contributed by atoms with Crippen LogP contribution < -0.4 is 11.1 Å². The molecular formula is C12H23N3O2. The van der Waals surface area contributed by atoms with Gasteiger partial charge < -0.3 is 16.0 Å². The van der Waals surface area contributed by atoms with Gasteiger partial charge in [0.05, 0.1) is 5.92 Å². The summed E-state index contributed by atoms with van der Waals surface area (Å²) in [4.78, 5) is 24.8. The number of nitrogens with two attached hydrogens (primary N) is 1. The Morgan fingerprint density at radius 1 is 1.29 bits per heavy atom. The van der Waals surface area contributed by atoms with Crippen LogP contribution in [0.3, 0.4) is 0 Å². The summed E-state index contributed by atoms with van der Waals surface area (Å²) in [5.74, 6) is -0.00711. The molecule has 98 valence electrons. The summed E-state index contributed by atoms with van der Waals surface area (Å²) in [6.07, 6.45) is 1.66. The third-order valence-electron chi connectivity index (χ3n) is 3.39. The second kappa shape index (κ2) is 6.00. The fraction of sp³-hybridized carbons (Fsp3) is 0.833. The highest BCUT2D eigenvalue weighted by molar-refractivity contribution is 5.79. The van der Waals surface area contributed by atoms with Crippen molar-refractivity contribution in [1.82, 2.24) is 10.2 Å². The van der Waals surface area contributed by atoms with Gasteiger partial charge in [-0.25, -0.2) is 0 Å². The fourth-order valence-corrected chi connectivity index (χ4v) is 2.04. The first kappa shape index (κ1) is 14.0. The first-order chi connectivity index (χ1) is 7.91. The van der Waals surface area contributed by atoms with Gasteiger partial charge in [0.25, 0.3) is 0 Å². The Morgan fingerprint density at radius 3 is 2.24 bits per heavy atom. The van der Waals surface area contributed by atoms with Crippen molar-refractivity contribution in [3.05, 3.63) is 0 Å². The predicted molar refractivity (Wildman–Crippen MR) is 66.2 cm³/mol. The molecule has 0 saturated carbocycles. The Kier molecular flexibility index (Phi) is 4.93. The molecule has 1 saturated heterocycles. The lowest BCUT2D eigenvalue weighted by molar-refractivity contribution is -0.136. The summed E-state index contributed by atoms with van der Waals surface area (Å²) < 4.78 is 0. The zero-order valence-electron chi connectivity index (χ0n) is 10.9. The van der Waals surface area contributed by atoms with Crippen LogP contribution in [-0.4, -0.2) is 41.9 Å². The number of amides is 2. The van der Waals surface area contributed by atoms with Gasteiger partial charge in [-0.3, -0.25) is 9.59 Å². The highest BCUT2D eigenvalue weighted by atomic mass is 16.2. The van der Waals surface area contributed by atoms with Crippen LogP contribution in [-0.2, 0) is 9.59 Å². The van der Waals surface area contributed by atoms with Crippen molar-refractivity contribution < 1.29 is 9.59 Å². The lowest BCUT2D eigenvalue weighted by Gasteiger charge is -2.34. The summed E-state index contributed by atoms with van der Waals surface area (Å²) in [6, 6.07) is 0.0951. The molecule has 0 aliphatic carbocycles. The molecular weight excluding hydrogens is 218 g/mol. The van der Waals surface area contributed by atoms with Crippen molar-refractivity contribution in [2.75, 3.05) is 13.1 Å². The molecule has 0 bridgehead atoms. The van der Waals surface area contributed by atoms with Crippen molar-refractivity contribution in [3.63, 3.8) is 0 Å². The first-order valence-corrected chi connectivity index (χ1v) is 6.23. The van der Waals surface area contributed by atoms with Gasteiger partial charge in [-0.05, 0) is 19.8 Å². The van der Waals surface area contributed by atoms with Crippen LogP contribution in [0.1, 0.15) is 33.6 Å². The Labute approximate surface area is 103 Å². The average molecular weight is 241 g/mol. The van der Waals surface area contributed by atoms with E-state index in [0.717, 1.165) is 12.8 Å². The molecule has 0 aromatic rings. The van der Waals surface area contributed by atoms with Gasteiger partial charge in [-0.1, -0.05) is 6.92 Å². The first-order valence-electron chi connectivity index (χ1n) is 6.23. The van der Waals surface area contributed by atoms with Crippen LogP contribution in [0.4, 0.5) is 0 Å². The molecule has 2 unspecified atom stereocenters. The maximum Gasteiger partial charge on any atom is 0.226 e. The van der Waals surface area contributed by atoms with E-state index in [2.05, 4.69) is 5.32 Å². The monoisotopic (exact) mass is 241 g/mol. The minimum atomic E-state index is -0.132. The Morgan fingerprint density at radius 2 is 1.82 bits per heavy atom. The fourth-order valence-electron chi connectivity index (χ4n) is 2.04. The topological polar surface area (TPSA) is 75.4 Å². The highest BCUT2D eigenvalue weighted by Crippen LogP contribution is 2.14.